The topological polar surface area (TPSA) is 65.0 Å². The number of hydrogen-bond donors (Lipinski definition) is 1. The minimum absolute atomic E-state index is 0.0278. The number of rotatable bonds is 2. The van der Waals surface area contributed by atoms with E-state index in [0.29, 0.717) is 29.6 Å². The molecule has 5 fully saturated rings. The molecule has 1 aliphatic heterocycles. The first-order chi connectivity index (χ1) is 13.8. The van der Waals surface area contributed by atoms with Gasteiger partial charge < -0.3 is 19.3 Å². The normalized spacial score (nSPS) is 50.6. The summed E-state index contributed by atoms with van der Waals surface area (Å²) >= 11 is 0. The molecule has 8 atom stereocenters. The van der Waals surface area contributed by atoms with Crippen LogP contribution in [-0.2, 0) is 19.0 Å². The summed E-state index contributed by atoms with van der Waals surface area (Å²) in [6.45, 7) is 8.13. The first-order valence-electron chi connectivity index (χ1n) is 11.9. The molecule has 5 rings (SSSR count). The minimum atomic E-state index is -0.359. The van der Waals surface area contributed by atoms with Gasteiger partial charge in [-0.25, -0.2) is 0 Å². The van der Waals surface area contributed by atoms with Gasteiger partial charge in [-0.2, -0.15) is 0 Å². The molecule has 0 radical (unpaired) electrons. The summed E-state index contributed by atoms with van der Waals surface area (Å²) < 4.78 is 18.1. The predicted octanol–water partition coefficient (Wildman–Crippen LogP) is 3.92. The molecular formula is C24H38O5. The molecule has 0 aromatic carbocycles. The lowest BCUT2D eigenvalue weighted by atomic mass is 9.43. The largest absolute Gasteiger partial charge is 0.463 e. The van der Waals surface area contributed by atoms with E-state index in [1.54, 1.807) is 0 Å². The summed E-state index contributed by atoms with van der Waals surface area (Å²) in [5.41, 5.74) is 0.338. The van der Waals surface area contributed by atoms with Crippen LogP contribution in [0.2, 0.25) is 0 Å². The van der Waals surface area contributed by atoms with Gasteiger partial charge in [-0.3, -0.25) is 4.79 Å². The van der Waals surface area contributed by atoms with Crippen LogP contribution in [-0.4, -0.2) is 42.8 Å². The predicted molar refractivity (Wildman–Crippen MR) is 108 cm³/mol. The molecule has 1 saturated heterocycles. The van der Waals surface area contributed by atoms with E-state index in [1.807, 2.05) is 0 Å². The molecule has 0 aromatic rings. The molecule has 5 heteroatoms. The SMILES string of the molecule is CC(=O)O[C@H]1CC[C@@]2(C)[C@H](C1)[C@H](CO)C[C@@H]1[C@@H]2CC[C@@]2(C)[C@H]1CCC21OCCO1. The smallest absolute Gasteiger partial charge is 0.302 e. The first kappa shape index (κ1) is 20.3. The van der Waals surface area contributed by atoms with Crippen molar-refractivity contribution in [2.24, 2.45) is 40.4 Å². The zero-order valence-electron chi connectivity index (χ0n) is 18.3. The Morgan fingerprint density at radius 1 is 1.00 bits per heavy atom. The van der Waals surface area contributed by atoms with Gasteiger partial charge in [-0.15, -0.1) is 0 Å². The van der Waals surface area contributed by atoms with Crippen molar-refractivity contribution >= 4 is 5.97 Å². The Labute approximate surface area is 174 Å². The fourth-order valence-electron chi connectivity index (χ4n) is 8.90. The Morgan fingerprint density at radius 2 is 1.72 bits per heavy atom. The van der Waals surface area contributed by atoms with Gasteiger partial charge in [0, 0.05) is 25.4 Å². The van der Waals surface area contributed by atoms with Gasteiger partial charge in [0.1, 0.15) is 6.10 Å². The fourth-order valence-corrected chi connectivity index (χ4v) is 8.90. The zero-order valence-corrected chi connectivity index (χ0v) is 18.3. The highest BCUT2D eigenvalue weighted by Gasteiger charge is 2.68. The van der Waals surface area contributed by atoms with Crippen LogP contribution in [0, 0.1) is 40.4 Å². The van der Waals surface area contributed by atoms with Crippen molar-refractivity contribution in [2.75, 3.05) is 19.8 Å². The van der Waals surface area contributed by atoms with E-state index in [2.05, 4.69) is 13.8 Å². The fraction of sp³-hybridized carbons (Fsp3) is 0.958. The van der Waals surface area contributed by atoms with Crippen LogP contribution < -0.4 is 0 Å². The molecule has 5 nitrogen and oxygen atoms in total. The van der Waals surface area contributed by atoms with Crippen LogP contribution in [0.4, 0.5) is 0 Å². The molecule has 1 N–H and O–H groups in total. The van der Waals surface area contributed by atoms with Gasteiger partial charge in [0.25, 0.3) is 0 Å². The monoisotopic (exact) mass is 406 g/mol. The molecule has 1 spiro atoms. The van der Waals surface area contributed by atoms with Gasteiger partial charge in [0.2, 0.25) is 0 Å². The molecule has 0 amide bonds. The lowest BCUT2D eigenvalue weighted by Crippen LogP contribution is -2.59. The van der Waals surface area contributed by atoms with Crippen molar-refractivity contribution < 1.29 is 24.1 Å². The van der Waals surface area contributed by atoms with Crippen LogP contribution in [0.5, 0.6) is 0 Å². The number of aliphatic hydroxyl groups excluding tert-OH is 1. The highest BCUT2D eigenvalue weighted by atomic mass is 16.7. The van der Waals surface area contributed by atoms with Crippen LogP contribution in [0.25, 0.3) is 0 Å². The van der Waals surface area contributed by atoms with E-state index < -0.39 is 0 Å². The molecule has 5 aliphatic rings. The minimum Gasteiger partial charge on any atom is -0.463 e. The summed E-state index contributed by atoms with van der Waals surface area (Å²) in [7, 11) is 0. The summed E-state index contributed by atoms with van der Waals surface area (Å²) in [5.74, 6) is 2.19. The van der Waals surface area contributed by atoms with Gasteiger partial charge in [0.05, 0.1) is 13.2 Å². The van der Waals surface area contributed by atoms with Crippen molar-refractivity contribution in [3.63, 3.8) is 0 Å². The number of hydrogen-bond acceptors (Lipinski definition) is 5. The van der Waals surface area contributed by atoms with Crippen LogP contribution in [0.15, 0.2) is 0 Å². The molecular weight excluding hydrogens is 368 g/mol. The first-order valence-corrected chi connectivity index (χ1v) is 11.9. The van der Waals surface area contributed by atoms with Crippen molar-refractivity contribution in [1.29, 1.82) is 0 Å². The van der Waals surface area contributed by atoms with Crippen molar-refractivity contribution in [3.05, 3.63) is 0 Å². The molecule has 1 heterocycles. The molecule has 0 unspecified atom stereocenters. The van der Waals surface area contributed by atoms with Gasteiger partial charge in [0.15, 0.2) is 5.79 Å². The standard InChI is InChI=1S/C24H38O5/c1-15(26)29-17-4-7-22(2)19-5-8-23(3)20(6-9-24(23)27-10-11-28-24)18(19)12-16(14-25)21(22)13-17/h16-21,25H,4-14H2,1-3H3/t16-,17-,18+,19-,20-,21+,22+,23-/m0/s1. The van der Waals surface area contributed by atoms with Crippen molar-refractivity contribution in [3.8, 4) is 0 Å². The van der Waals surface area contributed by atoms with Crippen LogP contribution >= 0.6 is 0 Å². The van der Waals surface area contributed by atoms with Gasteiger partial charge in [-0.05, 0) is 80.0 Å². The van der Waals surface area contributed by atoms with E-state index in [-0.39, 0.29) is 35.3 Å². The summed E-state index contributed by atoms with van der Waals surface area (Å²) in [6.07, 6.45) is 8.74. The third kappa shape index (κ3) is 2.79. The highest BCUT2D eigenvalue weighted by molar-refractivity contribution is 5.66. The quantitative estimate of drug-likeness (QED) is 0.704. The summed E-state index contributed by atoms with van der Waals surface area (Å²) in [6, 6.07) is 0. The maximum absolute atomic E-state index is 11.5. The molecule has 4 saturated carbocycles. The molecule has 0 bridgehead atoms. The molecule has 0 aromatic heterocycles. The molecule has 164 valence electrons. The number of aliphatic hydroxyl groups is 1. The second-order valence-electron chi connectivity index (χ2n) is 11.1. The Morgan fingerprint density at radius 3 is 2.41 bits per heavy atom. The van der Waals surface area contributed by atoms with Crippen LogP contribution in [0.1, 0.15) is 72.1 Å². The number of fused-ring (bicyclic) bond motifs is 6. The average molecular weight is 407 g/mol. The maximum Gasteiger partial charge on any atom is 0.302 e. The van der Waals surface area contributed by atoms with Crippen LogP contribution in [0.3, 0.4) is 0 Å². The lowest BCUT2D eigenvalue weighted by Gasteiger charge is -2.63. The number of carbonyl (C=O) groups excluding carboxylic acids is 1. The Bertz CT molecular complexity index is 658. The highest BCUT2D eigenvalue weighted by Crippen LogP contribution is 2.70. The lowest BCUT2D eigenvalue weighted by molar-refractivity contribution is -0.251. The van der Waals surface area contributed by atoms with Crippen molar-refractivity contribution in [2.45, 2.75) is 84.0 Å². The van der Waals surface area contributed by atoms with Gasteiger partial charge in [-0.1, -0.05) is 13.8 Å². The van der Waals surface area contributed by atoms with Gasteiger partial charge >= 0.3 is 5.97 Å². The Hall–Kier alpha value is -0.650. The number of esters is 1. The van der Waals surface area contributed by atoms with E-state index in [9.17, 15) is 9.90 Å². The Balaban J connectivity index is 1.43. The zero-order chi connectivity index (χ0) is 20.4. The maximum atomic E-state index is 11.5. The molecule has 4 aliphatic carbocycles. The van der Waals surface area contributed by atoms with E-state index in [0.717, 1.165) is 45.3 Å². The van der Waals surface area contributed by atoms with E-state index in [1.165, 1.54) is 26.2 Å². The summed E-state index contributed by atoms with van der Waals surface area (Å²) in [5, 5.41) is 10.4. The third-order valence-corrected chi connectivity index (χ3v) is 10.2. The third-order valence-electron chi connectivity index (χ3n) is 10.2. The second kappa shape index (κ2) is 6.93. The number of carbonyl (C=O) groups is 1. The second-order valence-corrected chi connectivity index (χ2v) is 11.1. The van der Waals surface area contributed by atoms with E-state index >= 15 is 0 Å². The van der Waals surface area contributed by atoms with Crippen molar-refractivity contribution in [1.82, 2.24) is 0 Å². The average Bonchev–Trinajstić information content (AvgIpc) is 3.28. The number of ether oxygens (including phenoxy) is 3. The molecule has 29 heavy (non-hydrogen) atoms. The Kier molecular flexibility index (Phi) is 4.84. The van der Waals surface area contributed by atoms with E-state index in [4.69, 9.17) is 14.2 Å². The summed E-state index contributed by atoms with van der Waals surface area (Å²) in [4.78, 5) is 11.5.